The van der Waals surface area contributed by atoms with E-state index < -0.39 is 0 Å². The van der Waals surface area contributed by atoms with Gasteiger partial charge in [-0.2, -0.15) is 0 Å². The van der Waals surface area contributed by atoms with Crippen LogP contribution in [0.1, 0.15) is 30.5 Å². The van der Waals surface area contributed by atoms with E-state index in [9.17, 15) is 9.59 Å². The van der Waals surface area contributed by atoms with Crippen LogP contribution in [-0.2, 0) is 9.53 Å². The van der Waals surface area contributed by atoms with Gasteiger partial charge in [0.05, 0.1) is 18.8 Å². The first kappa shape index (κ1) is 15.2. The van der Waals surface area contributed by atoms with Crippen molar-refractivity contribution < 1.29 is 9.53 Å². The van der Waals surface area contributed by atoms with Crippen LogP contribution in [0.5, 0.6) is 0 Å². The molecule has 7 nitrogen and oxygen atoms in total. The van der Waals surface area contributed by atoms with Gasteiger partial charge in [0.15, 0.2) is 0 Å². The van der Waals surface area contributed by atoms with Gasteiger partial charge in [0.1, 0.15) is 11.9 Å². The number of aryl methyl sites for hydroxylation is 1. The Labute approximate surface area is 129 Å². The minimum Gasteiger partial charge on any atom is -0.369 e. The number of aromatic nitrogens is 2. The van der Waals surface area contributed by atoms with E-state index in [-0.39, 0.29) is 17.6 Å². The lowest BCUT2D eigenvalue weighted by molar-refractivity contribution is -0.133. The third kappa shape index (κ3) is 3.53. The first-order valence-electron chi connectivity index (χ1n) is 7.81. The average molecular weight is 306 g/mol. The van der Waals surface area contributed by atoms with Crippen molar-refractivity contribution in [3.8, 4) is 0 Å². The number of likely N-dealkylation sites (tertiary alicyclic amines) is 1. The summed E-state index contributed by atoms with van der Waals surface area (Å²) in [4.78, 5) is 34.8. The highest BCUT2D eigenvalue weighted by Gasteiger charge is 2.27. The van der Waals surface area contributed by atoms with E-state index in [0.29, 0.717) is 31.2 Å². The molecule has 0 saturated carbocycles. The maximum Gasteiger partial charge on any atom is 0.251 e. The molecule has 0 bridgehead atoms. The number of nitrogens with one attached hydrogen (secondary N) is 1. The van der Waals surface area contributed by atoms with E-state index in [4.69, 9.17) is 4.74 Å². The van der Waals surface area contributed by atoms with E-state index >= 15 is 0 Å². The average Bonchev–Trinajstić information content (AvgIpc) is 3.01. The summed E-state index contributed by atoms with van der Waals surface area (Å²) < 4.78 is 5.73. The molecule has 1 N–H and O–H groups in total. The molecular formula is C15H22N4O3. The Hall–Kier alpha value is -1.73. The molecule has 120 valence electrons. The van der Waals surface area contributed by atoms with Crippen molar-refractivity contribution in [1.82, 2.24) is 19.8 Å². The van der Waals surface area contributed by atoms with Crippen molar-refractivity contribution in [2.24, 2.45) is 0 Å². The topological polar surface area (TPSA) is 78.5 Å². The van der Waals surface area contributed by atoms with Crippen molar-refractivity contribution >= 4 is 5.91 Å². The molecule has 3 heterocycles. The van der Waals surface area contributed by atoms with E-state index in [0.717, 1.165) is 32.5 Å². The number of carbonyl (C=O) groups excluding carboxylic acids is 1. The van der Waals surface area contributed by atoms with Crippen molar-refractivity contribution in [1.29, 1.82) is 0 Å². The third-order valence-electron chi connectivity index (χ3n) is 4.18. The van der Waals surface area contributed by atoms with Crippen LogP contribution in [0.2, 0.25) is 0 Å². The number of aromatic amines is 1. The first-order chi connectivity index (χ1) is 10.6. The molecule has 1 amide bonds. The summed E-state index contributed by atoms with van der Waals surface area (Å²) in [6.07, 6.45) is 1.96. The van der Waals surface area contributed by atoms with Gasteiger partial charge in [-0.05, 0) is 19.8 Å². The van der Waals surface area contributed by atoms with Crippen molar-refractivity contribution in [3.63, 3.8) is 0 Å². The second-order valence-electron chi connectivity index (χ2n) is 5.94. The van der Waals surface area contributed by atoms with Gasteiger partial charge in [0.2, 0.25) is 5.91 Å². The van der Waals surface area contributed by atoms with E-state index in [1.807, 2.05) is 4.90 Å². The van der Waals surface area contributed by atoms with Gasteiger partial charge in [-0.1, -0.05) is 0 Å². The molecule has 22 heavy (non-hydrogen) atoms. The van der Waals surface area contributed by atoms with Crippen LogP contribution in [-0.4, -0.2) is 65.0 Å². The highest BCUT2D eigenvalue weighted by Crippen LogP contribution is 2.20. The second kappa shape index (κ2) is 6.58. The number of H-pyrrole nitrogens is 1. The van der Waals surface area contributed by atoms with Crippen LogP contribution in [0.4, 0.5) is 0 Å². The summed E-state index contributed by atoms with van der Waals surface area (Å²) in [5, 5.41) is 0. The molecule has 2 aliphatic heterocycles. The standard InChI is InChI=1S/C15H22N4O3/c1-11-16-12(8-14(20)17-11)13-9-18(6-7-22-13)10-15(21)19-4-2-3-5-19/h8,13H,2-7,9-10H2,1H3,(H,16,17,20)/t13-/m0/s1. The molecule has 1 aromatic rings. The highest BCUT2D eigenvalue weighted by atomic mass is 16.5. The molecule has 0 radical (unpaired) electrons. The first-order valence-corrected chi connectivity index (χ1v) is 7.81. The van der Waals surface area contributed by atoms with Crippen LogP contribution >= 0.6 is 0 Å². The van der Waals surface area contributed by atoms with E-state index in [2.05, 4.69) is 14.9 Å². The predicted molar refractivity (Wildman–Crippen MR) is 80.5 cm³/mol. The Bertz CT molecular complexity index is 595. The quantitative estimate of drug-likeness (QED) is 0.855. The minimum atomic E-state index is -0.249. The van der Waals surface area contributed by atoms with Gasteiger partial charge in [-0.3, -0.25) is 14.5 Å². The van der Waals surface area contributed by atoms with Crippen LogP contribution < -0.4 is 5.56 Å². The summed E-state index contributed by atoms with van der Waals surface area (Å²) in [5.41, 5.74) is 0.468. The van der Waals surface area contributed by atoms with Crippen molar-refractivity contribution in [2.75, 3.05) is 39.3 Å². The zero-order chi connectivity index (χ0) is 15.5. The molecule has 1 atom stereocenters. The molecule has 7 heteroatoms. The number of ether oxygens (including phenoxy) is 1. The summed E-state index contributed by atoms with van der Waals surface area (Å²) in [6, 6.07) is 1.48. The van der Waals surface area contributed by atoms with Crippen LogP contribution in [0.15, 0.2) is 10.9 Å². The second-order valence-corrected chi connectivity index (χ2v) is 5.94. The Balaban J connectivity index is 1.63. The lowest BCUT2D eigenvalue weighted by Crippen LogP contribution is -2.45. The number of hydrogen-bond donors (Lipinski definition) is 1. The molecule has 2 saturated heterocycles. The van der Waals surface area contributed by atoms with Crippen LogP contribution in [0, 0.1) is 6.92 Å². The van der Waals surface area contributed by atoms with E-state index in [1.54, 1.807) is 6.92 Å². The Morgan fingerprint density at radius 1 is 1.41 bits per heavy atom. The molecule has 0 unspecified atom stereocenters. The van der Waals surface area contributed by atoms with Crippen LogP contribution in [0.25, 0.3) is 0 Å². The SMILES string of the molecule is Cc1nc([C@@H]2CN(CC(=O)N3CCCC3)CCO2)cc(=O)[nH]1. The predicted octanol–water partition coefficient (Wildman–Crippen LogP) is 0.0740. The number of amides is 1. The zero-order valence-corrected chi connectivity index (χ0v) is 12.9. The fraction of sp³-hybridized carbons (Fsp3) is 0.667. The molecule has 0 aromatic carbocycles. The highest BCUT2D eigenvalue weighted by molar-refractivity contribution is 5.78. The fourth-order valence-electron chi connectivity index (χ4n) is 3.05. The molecule has 3 rings (SSSR count). The molecule has 2 aliphatic rings. The van der Waals surface area contributed by atoms with Crippen molar-refractivity contribution in [3.05, 3.63) is 27.9 Å². The Morgan fingerprint density at radius 2 is 2.18 bits per heavy atom. The summed E-state index contributed by atoms with van der Waals surface area (Å²) in [7, 11) is 0. The Kier molecular flexibility index (Phi) is 4.54. The number of rotatable bonds is 3. The van der Waals surface area contributed by atoms with Gasteiger partial charge < -0.3 is 14.6 Å². The Morgan fingerprint density at radius 3 is 2.91 bits per heavy atom. The van der Waals surface area contributed by atoms with Gasteiger partial charge in [-0.15, -0.1) is 0 Å². The number of nitrogens with zero attached hydrogens (tertiary/aromatic N) is 3. The van der Waals surface area contributed by atoms with Gasteiger partial charge in [0, 0.05) is 32.2 Å². The molecule has 0 aliphatic carbocycles. The number of hydrogen-bond acceptors (Lipinski definition) is 5. The third-order valence-corrected chi connectivity index (χ3v) is 4.18. The zero-order valence-electron chi connectivity index (χ0n) is 12.9. The number of carbonyl (C=O) groups is 1. The lowest BCUT2D eigenvalue weighted by Gasteiger charge is -2.33. The van der Waals surface area contributed by atoms with Gasteiger partial charge in [0.25, 0.3) is 5.56 Å². The van der Waals surface area contributed by atoms with Crippen LogP contribution in [0.3, 0.4) is 0 Å². The lowest BCUT2D eigenvalue weighted by atomic mass is 10.2. The maximum atomic E-state index is 12.2. The normalized spacial score (nSPS) is 23.0. The fourth-order valence-corrected chi connectivity index (χ4v) is 3.05. The van der Waals surface area contributed by atoms with Gasteiger partial charge >= 0.3 is 0 Å². The summed E-state index contributed by atoms with van der Waals surface area (Å²) in [5.74, 6) is 0.768. The molecular weight excluding hydrogens is 284 g/mol. The monoisotopic (exact) mass is 306 g/mol. The van der Waals surface area contributed by atoms with E-state index in [1.165, 1.54) is 6.07 Å². The smallest absolute Gasteiger partial charge is 0.251 e. The van der Waals surface area contributed by atoms with Gasteiger partial charge in [-0.25, -0.2) is 4.98 Å². The minimum absolute atomic E-state index is 0.170. The number of morpholine rings is 1. The summed E-state index contributed by atoms with van der Waals surface area (Å²) in [6.45, 7) is 5.80. The molecule has 2 fully saturated rings. The largest absolute Gasteiger partial charge is 0.369 e. The van der Waals surface area contributed by atoms with Crippen molar-refractivity contribution in [2.45, 2.75) is 25.9 Å². The molecule has 0 spiro atoms. The molecule has 1 aromatic heterocycles. The summed E-state index contributed by atoms with van der Waals surface area (Å²) >= 11 is 0. The maximum absolute atomic E-state index is 12.2.